The highest BCUT2D eigenvalue weighted by Crippen LogP contribution is 2.22. The van der Waals surface area contributed by atoms with Crippen molar-refractivity contribution in [1.82, 2.24) is 19.8 Å². The summed E-state index contributed by atoms with van der Waals surface area (Å²) in [5.41, 5.74) is 3.41. The number of amides is 1. The summed E-state index contributed by atoms with van der Waals surface area (Å²) >= 11 is 0. The highest BCUT2D eigenvalue weighted by atomic mass is 32.2. The van der Waals surface area contributed by atoms with Gasteiger partial charge in [0.25, 0.3) is 5.91 Å². The first kappa shape index (κ1) is 21.7. The van der Waals surface area contributed by atoms with Crippen LogP contribution in [0.25, 0.3) is 16.6 Å². The van der Waals surface area contributed by atoms with Crippen LogP contribution in [0.4, 0.5) is 4.39 Å². The average molecular weight is 453 g/mol. The lowest BCUT2D eigenvalue weighted by Crippen LogP contribution is -2.23. The zero-order valence-electron chi connectivity index (χ0n) is 17.2. The van der Waals surface area contributed by atoms with Crippen LogP contribution >= 0.6 is 0 Å². The van der Waals surface area contributed by atoms with Gasteiger partial charge in [-0.15, -0.1) is 0 Å². The molecule has 1 heterocycles. The molecule has 7 nitrogen and oxygen atoms in total. The highest BCUT2D eigenvalue weighted by Gasteiger charge is 2.14. The number of nitrogens with one attached hydrogen (secondary N) is 2. The summed E-state index contributed by atoms with van der Waals surface area (Å²) in [4.78, 5) is 12.8. The predicted molar refractivity (Wildman–Crippen MR) is 120 cm³/mol. The fourth-order valence-corrected chi connectivity index (χ4v) is 4.14. The molecular weight excluding hydrogens is 431 g/mol. The molecule has 4 rings (SSSR count). The van der Waals surface area contributed by atoms with Crippen LogP contribution in [0.15, 0.2) is 72.9 Å². The molecule has 1 amide bonds. The largest absolute Gasteiger partial charge is 0.348 e. The van der Waals surface area contributed by atoms with Gasteiger partial charge in [-0.2, -0.15) is 5.10 Å². The third-order valence-electron chi connectivity index (χ3n) is 5.07. The predicted octanol–water partition coefficient (Wildman–Crippen LogP) is 3.14. The molecule has 0 radical (unpaired) electrons. The summed E-state index contributed by atoms with van der Waals surface area (Å²) in [6, 6.07) is 18.3. The zero-order valence-corrected chi connectivity index (χ0v) is 18.1. The lowest BCUT2D eigenvalue weighted by molar-refractivity contribution is 0.0952. The van der Waals surface area contributed by atoms with Crippen LogP contribution in [-0.4, -0.2) is 31.2 Å². The van der Waals surface area contributed by atoms with Crippen molar-refractivity contribution < 1.29 is 17.6 Å². The van der Waals surface area contributed by atoms with Gasteiger partial charge in [-0.3, -0.25) is 4.79 Å². The van der Waals surface area contributed by atoms with Crippen LogP contribution in [0.1, 0.15) is 21.5 Å². The Hall–Kier alpha value is -3.56. The Morgan fingerprint density at radius 1 is 1.00 bits per heavy atom. The van der Waals surface area contributed by atoms with Crippen LogP contribution in [-0.2, 0) is 22.3 Å². The van der Waals surface area contributed by atoms with E-state index in [1.165, 1.54) is 19.2 Å². The van der Waals surface area contributed by atoms with E-state index in [2.05, 4.69) is 15.1 Å². The Morgan fingerprint density at radius 3 is 2.38 bits per heavy atom. The first-order valence-corrected chi connectivity index (χ1v) is 11.5. The second kappa shape index (κ2) is 8.89. The number of benzene rings is 3. The van der Waals surface area contributed by atoms with E-state index < -0.39 is 10.0 Å². The number of fused-ring (bicyclic) bond motifs is 1. The molecule has 164 valence electrons. The first-order valence-electron chi connectivity index (χ1n) is 9.86. The minimum absolute atomic E-state index is 0.101. The van der Waals surface area contributed by atoms with E-state index in [-0.39, 0.29) is 17.5 Å². The maximum absolute atomic E-state index is 13.2. The summed E-state index contributed by atoms with van der Waals surface area (Å²) in [5.74, 6) is -0.686. The Balaban J connectivity index is 1.49. The molecule has 2 N–H and O–H groups in total. The Kier molecular flexibility index (Phi) is 6.02. The number of hydrogen-bond acceptors (Lipinski definition) is 4. The molecular formula is C23H21FN4O3S. The number of aromatic nitrogens is 2. The van der Waals surface area contributed by atoms with Gasteiger partial charge < -0.3 is 5.32 Å². The molecule has 0 atom stereocenters. The molecule has 9 heteroatoms. The number of nitrogens with zero attached hydrogens (tertiary/aromatic N) is 2. The van der Waals surface area contributed by atoms with Gasteiger partial charge in [0.05, 0.1) is 28.7 Å². The van der Waals surface area contributed by atoms with E-state index in [9.17, 15) is 17.6 Å². The minimum Gasteiger partial charge on any atom is -0.348 e. The van der Waals surface area contributed by atoms with E-state index in [4.69, 9.17) is 0 Å². The Labute approximate surface area is 184 Å². The smallest absolute Gasteiger partial charge is 0.252 e. The summed E-state index contributed by atoms with van der Waals surface area (Å²) < 4.78 is 40.5. The fraction of sp³-hybridized carbons (Fsp3) is 0.130. The molecule has 0 saturated heterocycles. The highest BCUT2D eigenvalue weighted by molar-refractivity contribution is 7.88. The second-order valence-corrected chi connectivity index (χ2v) is 9.16. The van der Waals surface area contributed by atoms with Gasteiger partial charge in [-0.25, -0.2) is 22.2 Å². The number of rotatable bonds is 7. The number of carbonyl (C=O) groups is 1. The number of sulfonamides is 1. The van der Waals surface area contributed by atoms with E-state index in [0.29, 0.717) is 28.7 Å². The van der Waals surface area contributed by atoms with Crippen molar-refractivity contribution >= 4 is 26.8 Å². The average Bonchev–Trinajstić information content (AvgIpc) is 3.23. The normalized spacial score (nSPS) is 11.6. The van der Waals surface area contributed by atoms with Gasteiger partial charge in [0.15, 0.2) is 0 Å². The van der Waals surface area contributed by atoms with Gasteiger partial charge in [-0.1, -0.05) is 30.3 Å². The molecule has 0 spiro atoms. The topological polar surface area (TPSA) is 93.1 Å². The molecule has 0 saturated carbocycles. The van der Waals surface area contributed by atoms with Crippen LogP contribution in [0.2, 0.25) is 0 Å². The summed E-state index contributed by atoms with van der Waals surface area (Å²) in [6.45, 7) is 0.292. The standard InChI is InChI=1S/C23H21FN4O3S/c1-25-32(30,31)15-17-7-5-16(6-8-17)13-26-23(29)20-3-2-4-22-21(20)14-27-28(22)19-11-9-18(24)10-12-19/h2-12,14,25H,13,15H2,1H3,(H,26,29). The van der Waals surface area contributed by atoms with Gasteiger partial charge in [0.1, 0.15) is 5.82 Å². The monoisotopic (exact) mass is 452 g/mol. The molecule has 0 fully saturated rings. The number of halogens is 1. The summed E-state index contributed by atoms with van der Waals surface area (Å²) in [5, 5.41) is 7.93. The quantitative estimate of drug-likeness (QED) is 0.451. The molecule has 0 bridgehead atoms. The molecule has 0 unspecified atom stereocenters. The molecule has 0 aliphatic rings. The lowest BCUT2D eigenvalue weighted by atomic mass is 10.1. The van der Waals surface area contributed by atoms with Crippen LogP contribution in [0, 0.1) is 5.82 Å². The van der Waals surface area contributed by atoms with E-state index >= 15 is 0 Å². The SMILES string of the molecule is CNS(=O)(=O)Cc1ccc(CNC(=O)c2cccc3c2cnn3-c2ccc(F)cc2)cc1. The van der Waals surface area contributed by atoms with Gasteiger partial charge in [-0.05, 0) is 54.6 Å². The van der Waals surface area contributed by atoms with Gasteiger partial charge in [0, 0.05) is 11.9 Å². The van der Waals surface area contributed by atoms with Crippen molar-refractivity contribution in [3.05, 3.63) is 95.4 Å². The van der Waals surface area contributed by atoms with Crippen LogP contribution in [0.3, 0.4) is 0 Å². The zero-order chi connectivity index (χ0) is 22.7. The van der Waals surface area contributed by atoms with Gasteiger partial charge in [0.2, 0.25) is 10.0 Å². The maximum atomic E-state index is 13.2. The van der Waals surface area contributed by atoms with Crippen molar-refractivity contribution in [2.45, 2.75) is 12.3 Å². The van der Waals surface area contributed by atoms with Crippen LogP contribution in [0.5, 0.6) is 0 Å². The molecule has 0 aliphatic heterocycles. The molecule has 4 aromatic rings. The molecule has 1 aromatic heterocycles. The summed E-state index contributed by atoms with van der Waals surface area (Å²) in [6.07, 6.45) is 1.62. The van der Waals surface area contributed by atoms with Crippen LogP contribution < -0.4 is 10.0 Å². The van der Waals surface area contributed by atoms with Crippen molar-refractivity contribution in [2.75, 3.05) is 7.05 Å². The minimum atomic E-state index is -3.33. The Morgan fingerprint density at radius 2 is 1.69 bits per heavy atom. The van der Waals surface area contributed by atoms with Crippen molar-refractivity contribution in [3.8, 4) is 5.69 Å². The third-order valence-corrected chi connectivity index (χ3v) is 6.41. The fourth-order valence-electron chi connectivity index (χ4n) is 3.36. The van der Waals surface area contributed by atoms with E-state index in [0.717, 1.165) is 11.1 Å². The second-order valence-electron chi connectivity index (χ2n) is 7.23. The third kappa shape index (κ3) is 4.68. The molecule has 0 aliphatic carbocycles. The van der Waals surface area contributed by atoms with E-state index in [1.54, 1.807) is 59.4 Å². The van der Waals surface area contributed by atoms with Crippen molar-refractivity contribution in [3.63, 3.8) is 0 Å². The maximum Gasteiger partial charge on any atom is 0.252 e. The summed E-state index contributed by atoms with van der Waals surface area (Å²) in [7, 11) is -1.96. The van der Waals surface area contributed by atoms with Crippen molar-refractivity contribution in [2.24, 2.45) is 0 Å². The number of hydrogen-bond donors (Lipinski definition) is 2. The van der Waals surface area contributed by atoms with Gasteiger partial charge >= 0.3 is 0 Å². The molecule has 32 heavy (non-hydrogen) atoms. The molecule has 3 aromatic carbocycles. The Bertz CT molecular complexity index is 1360. The van der Waals surface area contributed by atoms with Crippen molar-refractivity contribution in [1.29, 1.82) is 0 Å². The first-order chi connectivity index (χ1) is 15.4. The number of carbonyl (C=O) groups excluding carboxylic acids is 1. The lowest BCUT2D eigenvalue weighted by Gasteiger charge is -2.08. The van der Waals surface area contributed by atoms with E-state index in [1.807, 2.05) is 6.07 Å².